The number of piperazine rings is 1. The smallest absolute Gasteiger partial charge is 0.323 e. The van der Waals surface area contributed by atoms with Crippen LogP contribution in [0.1, 0.15) is 11.1 Å². The van der Waals surface area contributed by atoms with E-state index in [2.05, 4.69) is 10.0 Å². The Morgan fingerprint density at radius 2 is 1.75 bits per heavy atom. The van der Waals surface area contributed by atoms with Gasteiger partial charge in [-0.1, -0.05) is 17.7 Å². The summed E-state index contributed by atoms with van der Waals surface area (Å²) in [7, 11) is -4.12. The zero-order valence-electron chi connectivity index (χ0n) is 19.6. The zero-order chi connectivity index (χ0) is 26.5. The quantitative estimate of drug-likeness (QED) is 0.206. The molecule has 0 spiro atoms. The first kappa shape index (κ1) is 26.6. The van der Waals surface area contributed by atoms with Gasteiger partial charge in [-0.3, -0.25) is 19.8 Å². The lowest BCUT2D eigenvalue weighted by molar-refractivity contribution is -0.139. The molecule has 3 rings (SSSR count). The summed E-state index contributed by atoms with van der Waals surface area (Å²) in [5, 5.41) is 19.3. The molecule has 13 heteroatoms. The lowest BCUT2D eigenvalue weighted by Crippen LogP contribution is -2.54. The van der Waals surface area contributed by atoms with Crippen LogP contribution in [-0.4, -0.2) is 80.8 Å². The fourth-order valence-electron chi connectivity index (χ4n) is 3.55. The molecule has 0 saturated carbocycles. The Bertz CT molecular complexity index is 1250. The minimum absolute atomic E-state index is 0.0425. The Balaban J connectivity index is 1.52. The van der Waals surface area contributed by atoms with Crippen molar-refractivity contribution in [3.8, 4) is 0 Å². The number of nitrogen functional groups attached to an aromatic ring is 1. The molecule has 0 unspecified atom stereocenters. The molecule has 1 atom stereocenters. The number of carboxylic acids is 1. The van der Waals surface area contributed by atoms with Crippen LogP contribution in [0.3, 0.4) is 0 Å². The Labute approximate surface area is 208 Å². The van der Waals surface area contributed by atoms with Crippen LogP contribution in [0, 0.1) is 12.3 Å². The second-order valence-corrected chi connectivity index (χ2v) is 10.0. The maximum absolute atomic E-state index is 12.6. The van der Waals surface area contributed by atoms with E-state index < -0.39 is 34.5 Å². The average Bonchev–Trinajstić information content (AvgIpc) is 2.83. The lowest BCUT2D eigenvalue weighted by Gasteiger charge is -2.35. The highest BCUT2D eigenvalue weighted by Gasteiger charge is 2.28. The van der Waals surface area contributed by atoms with Gasteiger partial charge in [-0.25, -0.2) is 8.42 Å². The van der Waals surface area contributed by atoms with Crippen molar-refractivity contribution in [1.82, 2.24) is 14.9 Å². The third-order valence-corrected chi connectivity index (χ3v) is 7.11. The summed E-state index contributed by atoms with van der Waals surface area (Å²) in [6.07, 6.45) is 0. The summed E-state index contributed by atoms with van der Waals surface area (Å²) in [4.78, 5) is 39.6. The highest BCUT2D eigenvalue weighted by atomic mass is 32.2. The number of carbonyl (C=O) groups is 3. The normalized spacial score (nSPS) is 14.9. The molecule has 12 nitrogen and oxygen atoms in total. The maximum Gasteiger partial charge on any atom is 0.323 e. The molecular formula is C23H28N6O6S. The van der Waals surface area contributed by atoms with E-state index in [-0.39, 0.29) is 36.3 Å². The number of sulfonamides is 1. The van der Waals surface area contributed by atoms with E-state index in [0.717, 1.165) is 11.3 Å². The van der Waals surface area contributed by atoms with E-state index in [9.17, 15) is 27.9 Å². The number of hydrogen-bond donors (Lipinski definition) is 5. The molecule has 192 valence electrons. The van der Waals surface area contributed by atoms with Crippen molar-refractivity contribution in [2.24, 2.45) is 5.73 Å². The largest absolute Gasteiger partial charge is 0.480 e. The molecule has 2 aromatic carbocycles. The molecule has 0 radical (unpaired) electrons. The standard InChI is InChI=1S/C23H28N6O6S/c1-15-2-8-18(9-3-15)36(34,35)27-19(23(32)33)12-26-20(30)13-29-11-10-28(14-21(29)31)17-6-4-16(5-7-17)22(24)25/h2-9,19,27H,10-14H2,1H3,(H3,24,25)(H,26,30)(H,32,33)/t19-/m0/s1. The molecule has 1 heterocycles. The summed E-state index contributed by atoms with van der Waals surface area (Å²) in [6, 6.07) is 11.2. The van der Waals surface area contributed by atoms with Crippen molar-refractivity contribution in [2.45, 2.75) is 17.9 Å². The fraction of sp³-hybridized carbons (Fsp3) is 0.304. The first-order chi connectivity index (χ1) is 17.0. The van der Waals surface area contributed by atoms with Crippen LogP contribution >= 0.6 is 0 Å². The first-order valence-electron chi connectivity index (χ1n) is 11.0. The summed E-state index contributed by atoms with van der Waals surface area (Å²) < 4.78 is 27.1. The van der Waals surface area contributed by atoms with E-state index in [4.69, 9.17) is 11.1 Å². The third kappa shape index (κ3) is 6.79. The van der Waals surface area contributed by atoms with Crippen molar-refractivity contribution >= 4 is 39.3 Å². The molecule has 36 heavy (non-hydrogen) atoms. The van der Waals surface area contributed by atoms with Crippen LogP contribution in [0.2, 0.25) is 0 Å². The number of carboxylic acid groups (broad SMARTS) is 1. The number of aryl methyl sites for hydroxylation is 1. The number of hydrogen-bond acceptors (Lipinski definition) is 7. The Morgan fingerprint density at radius 1 is 1.11 bits per heavy atom. The Kier molecular flexibility index (Phi) is 8.27. The molecule has 0 bridgehead atoms. The fourth-order valence-corrected chi connectivity index (χ4v) is 4.73. The summed E-state index contributed by atoms with van der Waals surface area (Å²) in [6.45, 7) is 1.79. The first-order valence-corrected chi connectivity index (χ1v) is 12.5. The number of anilines is 1. The van der Waals surface area contributed by atoms with Gasteiger partial charge in [0.25, 0.3) is 0 Å². The second kappa shape index (κ2) is 11.2. The predicted molar refractivity (Wildman–Crippen MR) is 132 cm³/mol. The summed E-state index contributed by atoms with van der Waals surface area (Å²) in [5.41, 5.74) is 7.65. The number of amides is 2. The van der Waals surface area contributed by atoms with Crippen LogP contribution in [0.15, 0.2) is 53.4 Å². The SMILES string of the molecule is Cc1ccc(S(=O)(=O)N[C@@H](CNC(=O)CN2CCN(c3ccc(C(=N)N)cc3)CC2=O)C(=O)O)cc1. The van der Waals surface area contributed by atoms with Crippen molar-refractivity contribution in [2.75, 3.05) is 37.6 Å². The second-order valence-electron chi connectivity index (χ2n) is 8.33. The van der Waals surface area contributed by atoms with Gasteiger partial charge >= 0.3 is 5.97 Å². The van der Waals surface area contributed by atoms with Crippen molar-refractivity contribution < 1.29 is 27.9 Å². The van der Waals surface area contributed by atoms with Crippen LogP contribution in [-0.2, 0) is 24.4 Å². The molecule has 1 aliphatic heterocycles. The number of rotatable bonds is 10. The van der Waals surface area contributed by atoms with Crippen molar-refractivity contribution in [3.05, 3.63) is 59.7 Å². The van der Waals surface area contributed by atoms with E-state index in [1.807, 2.05) is 4.90 Å². The van der Waals surface area contributed by atoms with Crippen molar-refractivity contribution in [1.29, 1.82) is 5.41 Å². The third-order valence-electron chi connectivity index (χ3n) is 5.63. The Hall–Kier alpha value is -3.97. The molecular weight excluding hydrogens is 488 g/mol. The van der Waals surface area contributed by atoms with Gasteiger partial charge < -0.3 is 26.0 Å². The number of nitrogens with two attached hydrogens (primary N) is 1. The molecule has 2 amide bonds. The van der Waals surface area contributed by atoms with E-state index in [1.54, 1.807) is 43.3 Å². The van der Waals surface area contributed by atoms with E-state index in [1.165, 1.54) is 17.0 Å². The summed E-state index contributed by atoms with van der Waals surface area (Å²) >= 11 is 0. The van der Waals surface area contributed by atoms with Gasteiger partial charge in [-0.15, -0.1) is 0 Å². The Morgan fingerprint density at radius 3 is 2.31 bits per heavy atom. The molecule has 1 fully saturated rings. The number of carbonyl (C=O) groups excluding carboxylic acids is 2. The number of amidine groups is 1. The molecule has 1 aliphatic rings. The van der Waals surface area contributed by atoms with Gasteiger partial charge in [-0.05, 0) is 43.3 Å². The van der Waals surface area contributed by atoms with Gasteiger partial charge in [-0.2, -0.15) is 4.72 Å². The van der Waals surface area contributed by atoms with Crippen LogP contribution in [0.25, 0.3) is 0 Å². The predicted octanol–water partition coefficient (Wildman–Crippen LogP) is -0.524. The topological polar surface area (TPSA) is 186 Å². The average molecular weight is 517 g/mol. The molecule has 0 aromatic heterocycles. The van der Waals surface area contributed by atoms with Gasteiger partial charge in [0.2, 0.25) is 21.8 Å². The number of nitrogens with one attached hydrogen (secondary N) is 3. The van der Waals surface area contributed by atoms with Crippen LogP contribution in [0.4, 0.5) is 5.69 Å². The minimum Gasteiger partial charge on any atom is -0.480 e. The number of nitrogens with zero attached hydrogens (tertiary/aromatic N) is 2. The molecule has 0 aliphatic carbocycles. The van der Waals surface area contributed by atoms with Crippen LogP contribution in [0.5, 0.6) is 0 Å². The van der Waals surface area contributed by atoms with Gasteiger partial charge in [0.15, 0.2) is 0 Å². The zero-order valence-corrected chi connectivity index (χ0v) is 20.4. The highest BCUT2D eigenvalue weighted by Crippen LogP contribution is 2.18. The minimum atomic E-state index is -4.12. The highest BCUT2D eigenvalue weighted by molar-refractivity contribution is 7.89. The van der Waals surface area contributed by atoms with Gasteiger partial charge in [0.1, 0.15) is 11.9 Å². The van der Waals surface area contributed by atoms with E-state index >= 15 is 0 Å². The molecule has 2 aromatic rings. The monoisotopic (exact) mass is 516 g/mol. The van der Waals surface area contributed by atoms with Gasteiger partial charge in [0, 0.05) is 30.9 Å². The van der Waals surface area contributed by atoms with Crippen LogP contribution < -0.4 is 20.7 Å². The summed E-state index contributed by atoms with van der Waals surface area (Å²) in [5.74, 6) is -2.40. The lowest BCUT2D eigenvalue weighted by atomic mass is 10.1. The van der Waals surface area contributed by atoms with Gasteiger partial charge in [0.05, 0.1) is 18.0 Å². The van der Waals surface area contributed by atoms with Crippen molar-refractivity contribution in [3.63, 3.8) is 0 Å². The number of aliphatic carboxylic acids is 1. The molecule has 1 saturated heterocycles. The number of benzene rings is 2. The van der Waals surface area contributed by atoms with E-state index in [0.29, 0.717) is 12.1 Å². The molecule has 6 N–H and O–H groups in total. The maximum atomic E-state index is 12.6.